The molecule has 0 fully saturated rings. The Morgan fingerprint density at radius 3 is 2.67 bits per heavy atom. The van der Waals surface area contributed by atoms with Crippen LogP contribution in [-0.2, 0) is 10.7 Å². The van der Waals surface area contributed by atoms with Gasteiger partial charge >= 0.3 is 0 Å². The number of aromatic nitrogens is 1. The Morgan fingerprint density at radius 2 is 2.00 bits per heavy atom. The number of carbonyl (C=O) groups excluding carboxylic acids is 1. The third-order valence-electron chi connectivity index (χ3n) is 4.56. The Morgan fingerprint density at radius 1 is 1.30 bits per heavy atom. The number of thioether (sulfide) groups is 1. The smallest absolute Gasteiger partial charge is 0.271 e. The summed E-state index contributed by atoms with van der Waals surface area (Å²) in [6.45, 7) is 2.97. The number of hydrogen-bond acceptors (Lipinski definition) is 3. The van der Waals surface area contributed by atoms with Gasteiger partial charge in [-0.25, -0.2) is 14.4 Å². The average molecular weight is 457 g/mol. The first kappa shape index (κ1) is 20.1. The third-order valence-corrected chi connectivity index (χ3v) is 6.33. The Labute approximate surface area is 167 Å². The second-order valence-electron chi connectivity index (χ2n) is 6.51. The van der Waals surface area contributed by atoms with Crippen LogP contribution in [0.4, 0.5) is 13.2 Å². The van der Waals surface area contributed by atoms with Crippen molar-refractivity contribution in [1.82, 2.24) is 4.98 Å². The summed E-state index contributed by atoms with van der Waals surface area (Å²) in [5.74, 6) is -5.00. The lowest BCUT2D eigenvalue weighted by Gasteiger charge is -2.31. The number of benzene rings is 1. The first-order valence-electron chi connectivity index (χ1n) is 8.20. The maximum Gasteiger partial charge on any atom is 0.296 e. The zero-order valence-corrected chi connectivity index (χ0v) is 17.0. The monoisotopic (exact) mass is 456 g/mol. The van der Waals surface area contributed by atoms with Crippen molar-refractivity contribution >= 4 is 38.6 Å². The van der Waals surface area contributed by atoms with Crippen LogP contribution in [0.3, 0.4) is 0 Å². The van der Waals surface area contributed by atoms with Gasteiger partial charge in [0.15, 0.2) is 4.75 Å². The SMILES string of the molecule is C[C@H](CC1=NC(=O)C(C)(C(F)(F)c2ccnc(Br)c2)S1)c1ccccc1F. The molecule has 2 atom stereocenters. The first-order valence-corrected chi connectivity index (χ1v) is 9.81. The molecule has 2 heterocycles. The Bertz CT molecular complexity index is 921. The van der Waals surface area contributed by atoms with Crippen molar-refractivity contribution in [3.8, 4) is 0 Å². The molecule has 3 nitrogen and oxygen atoms in total. The van der Waals surface area contributed by atoms with Gasteiger partial charge in [-0.05, 0) is 52.5 Å². The number of pyridine rings is 1. The molecule has 142 valence electrons. The van der Waals surface area contributed by atoms with Crippen LogP contribution < -0.4 is 0 Å². The fourth-order valence-corrected chi connectivity index (χ4v) is 4.60. The lowest BCUT2D eigenvalue weighted by molar-refractivity contribution is -0.130. The number of amides is 1. The van der Waals surface area contributed by atoms with Crippen LogP contribution in [0.5, 0.6) is 0 Å². The highest BCUT2D eigenvalue weighted by molar-refractivity contribution is 9.10. The summed E-state index contributed by atoms with van der Waals surface area (Å²) < 4.78 is 42.4. The van der Waals surface area contributed by atoms with E-state index in [1.165, 1.54) is 31.3 Å². The normalized spacial score (nSPS) is 21.3. The molecule has 0 radical (unpaired) electrons. The fourth-order valence-electron chi connectivity index (χ4n) is 2.93. The van der Waals surface area contributed by atoms with Gasteiger partial charge in [0.05, 0.1) is 5.04 Å². The summed E-state index contributed by atoms with van der Waals surface area (Å²) in [7, 11) is 0. The Hall–Kier alpha value is -1.67. The number of hydrogen-bond donors (Lipinski definition) is 0. The second-order valence-corrected chi connectivity index (χ2v) is 8.82. The summed E-state index contributed by atoms with van der Waals surface area (Å²) >= 11 is 3.82. The van der Waals surface area contributed by atoms with Crippen molar-refractivity contribution in [3.63, 3.8) is 0 Å². The zero-order chi connectivity index (χ0) is 19.8. The first-order chi connectivity index (χ1) is 12.6. The van der Waals surface area contributed by atoms with Crippen LogP contribution in [0.15, 0.2) is 52.2 Å². The highest BCUT2D eigenvalue weighted by Crippen LogP contribution is 2.52. The minimum atomic E-state index is -3.45. The molecule has 3 rings (SSSR count). The number of alkyl halides is 2. The number of rotatable bonds is 5. The lowest BCUT2D eigenvalue weighted by atomic mass is 9.95. The van der Waals surface area contributed by atoms with Gasteiger partial charge < -0.3 is 0 Å². The van der Waals surface area contributed by atoms with Crippen LogP contribution in [0, 0.1) is 5.82 Å². The Kier molecular flexibility index (Phi) is 5.49. The molecule has 1 aromatic carbocycles. The molecule has 2 aromatic rings. The number of halogens is 4. The fraction of sp³-hybridized carbons (Fsp3) is 0.316. The molecule has 1 aliphatic heterocycles. The molecular formula is C19H16BrF3N2OS. The maximum absolute atomic E-state index is 15.2. The molecule has 8 heteroatoms. The summed E-state index contributed by atoms with van der Waals surface area (Å²) in [4.78, 5) is 20.1. The van der Waals surface area contributed by atoms with E-state index in [0.717, 1.165) is 11.8 Å². The molecule has 0 bridgehead atoms. The molecule has 0 aliphatic carbocycles. The van der Waals surface area contributed by atoms with Gasteiger partial charge in [-0.3, -0.25) is 4.79 Å². The van der Waals surface area contributed by atoms with E-state index in [4.69, 9.17) is 0 Å². The zero-order valence-electron chi connectivity index (χ0n) is 14.5. The molecule has 0 saturated carbocycles. The molecule has 0 saturated heterocycles. The topological polar surface area (TPSA) is 42.3 Å². The second kappa shape index (κ2) is 7.39. The molecule has 0 N–H and O–H groups in total. The van der Waals surface area contributed by atoms with Gasteiger partial charge in [0.2, 0.25) is 0 Å². The maximum atomic E-state index is 15.2. The minimum Gasteiger partial charge on any atom is -0.271 e. The summed E-state index contributed by atoms with van der Waals surface area (Å²) in [5.41, 5.74) is 0.151. The van der Waals surface area contributed by atoms with Gasteiger partial charge in [0.1, 0.15) is 10.4 Å². The van der Waals surface area contributed by atoms with E-state index in [2.05, 4.69) is 25.9 Å². The quantitative estimate of drug-likeness (QED) is 0.541. The van der Waals surface area contributed by atoms with Crippen LogP contribution in [0.25, 0.3) is 0 Å². The van der Waals surface area contributed by atoms with E-state index in [0.29, 0.717) is 5.56 Å². The van der Waals surface area contributed by atoms with Crippen molar-refractivity contribution in [2.24, 2.45) is 4.99 Å². The van der Waals surface area contributed by atoms with Crippen molar-refractivity contribution < 1.29 is 18.0 Å². The van der Waals surface area contributed by atoms with Crippen molar-refractivity contribution in [3.05, 3.63) is 64.1 Å². The van der Waals surface area contributed by atoms with Crippen LogP contribution in [-0.4, -0.2) is 20.7 Å². The third kappa shape index (κ3) is 3.69. The van der Waals surface area contributed by atoms with E-state index >= 15 is 8.78 Å². The minimum absolute atomic E-state index is 0.211. The van der Waals surface area contributed by atoms with E-state index in [-0.39, 0.29) is 33.4 Å². The molecule has 1 aromatic heterocycles. The summed E-state index contributed by atoms with van der Waals surface area (Å²) in [6, 6.07) is 8.66. The van der Waals surface area contributed by atoms with Gasteiger partial charge in [0.25, 0.3) is 11.8 Å². The lowest BCUT2D eigenvalue weighted by Crippen LogP contribution is -2.44. The highest BCUT2D eigenvalue weighted by Gasteiger charge is 2.60. The summed E-state index contributed by atoms with van der Waals surface area (Å²) in [5, 5.41) is 0.283. The van der Waals surface area contributed by atoms with Crippen molar-refractivity contribution in [2.75, 3.05) is 0 Å². The van der Waals surface area contributed by atoms with Gasteiger partial charge in [-0.15, -0.1) is 0 Å². The molecule has 27 heavy (non-hydrogen) atoms. The number of aliphatic imine (C=N–C) groups is 1. The highest BCUT2D eigenvalue weighted by atomic mass is 79.9. The van der Waals surface area contributed by atoms with Gasteiger partial charge in [-0.2, -0.15) is 8.78 Å². The van der Waals surface area contributed by atoms with Crippen LogP contribution >= 0.6 is 27.7 Å². The Balaban J connectivity index is 1.83. The van der Waals surface area contributed by atoms with E-state index < -0.39 is 16.6 Å². The predicted octanol–water partition coefficient (Wildman–Crippen LogP) is 5.70. The molecule has 0 spiro atoms. The van der Waals surface area contributed by atoms with E-state index in [1.54, 1.807) is 25.1 Å². The largest absolute Gasteiger partial charge is 0.296 e. The molecule has 1 aliphatic rings. The average Bonchev–Trinajstić information content (AvgIpc) is 2.90. The van der Waals surface area contributed by atoms with Crippen LogP contribution in [0.1, 0.15) is 37.3 Å². The van der Waals surface area contributed by atoms with E-state index in [1.807, 2.05) is 0 Å². The summed E-state index contributed by atoms with van der Waals surface area (Å²) in [6.07, 6.45) is 1.46. The van der Waals surface area contributed by atoms with E-state index in [9.17, 15) is 9.18 Å². The van der Waals surface area contributed by atoms with Crippen molar-refractivity contribution in [1.29, 1.82) is 0 Å². The van der Waals surface area contributed by atoms with Gasteiger partial charge in [-0.1, -0.05) is 36.9 Å². The molecule has 1 unspecified atom stereocenters. The van der Waals surface area contributed by atoms with Crippen LogP contribution in [0.2, 0.25) is 0 Å². The molecule has 1 amide bonds. The predicted molar refractivity (Wildman–Crippen MR) is 104 cm³/mol. The van der Waals surface area contributed by atoms with Crippen molar-refractivity contribution in [2.45, 2.75) is 36.9 Å². The number of carbonyl (C=O) groups is 1. The number of nitrogens with zero attached hydrogens (tertiary/aromatic N) is 2. The molecular weight excluding hydrogens is 441 g/mol. The standard InChI is InChI=1S/C19H16BrF3N2OS/c1-11(13-5-3-4-6-14(13)21)9-16-25-17(26)18(2,27-16)19(22,23)12-7-8-24-15(20)10-12/h3-8,10-11H,9H2,1-2H3/t11-,18?/m1/s1. The van der Waals surface area contributed by atoms with Gasteiger partial charge in [0, 0.05) is 18.2 Å².